The van der Waals surface area contributed by atoms with Crippen LogP contribution in [0.3, 0.4) is 0 Å². The first-order chi connectivity index (χ1) is 8.27. The number of unbranched alkanes of at least 4 members (excludes halogenated alkanes) is 1. The van der Waals surface area contributed by atoms with Gasteiger partial charge in [0.15, 0.2) is 5.15 Å². The van der Waals surface area contributed by atoms with Gasteiger partial charge < -0.3 is 15.0 Å². The lowest BCUT2D eigenvalue weighted by molar-refractivity contribution is 0.149. The van der Waals surface area contributed by atoms with Gasteiger partial charge in [-0.3, -0.25) is 0 Å². The number of nitrogens with zero attached hydrogens (tertiary/aromatic N) is 1. The molecule has 1 aromatic heterocycles. The summed E-state index contributed by atoms with van der Waals surface area (Å²) in [6.07, 6.45) is 3.27. The molecule has 0 aromatic carbocycles. The van der Waals surface area contributed by atoms with E-state index < -0.39 is 0 Å². The molecular weight excluding hydrogens is 238 g/mol. The van der Waals surface area contributed by atoms with E-state index in [9.17, 15) is 0 Å². The maximum Gasteiger partial charge on any atom is 0.151 e. The molecule has 0 unspecified atom stereocenters. The predicted octanol–water partition coefficient (Wildman–Crippen LogP) is 2.53. The van der Waals surface area contributed by atoms with Crippen LogP contribution in [0.4, 0.5) is 0 Å². The summed E-state index contributed by atoms with van der Waals surface area (Å²) in [4.78, 5) is 7.56. The zero-order valence-corrected chi connectivity index (χ0v) is 11.4. The van der Waals surface area contributed by atoms with E-state index in [0.717, 1.165) is 44.1 Å². The summed E-state index contributed by atoms with van der Waals surface area (Å²) in [5.74, 6) is 0.985. The Morgan fingerprint density at radius 3 is 2.94 bits per heavy atom. The molecule has 0 amide bonds. The van der Waals surface area contributed by atoms with Crippen molar-refractivity contribution < 1.29 is 4.74 Å². The minimum atomic E-state index is 0.583. The maximum atomic E-state index is 6.05. The molecule has 0 fully saturated rings. The molecular formula is C12H22ClN3O. The van der Waals surface area contributed by atoms with Gasteiger partial charge in [-0.2, -0.15) is 0 Å². The smallest absolute Gasteiger partial charge is 0.151 e. The number of imidazole rings is 1. The van der Waals surface area contributed by atoms with Gasteiger partial charge >= 0.3 is 0 Å². The molecule has 17 heavy (non-hydrogen) atoms. The van der Waals surface area contributed by atoms with Crippen molar-refractivity contribution in [2.45, 2.75) is 39.7 Å². The molecule has 0 aliphatic heterocycles. The number of nitrogens with one attached hydrogen (secondary N) is 2. The van der Waals surface area contributed by atoms with Crippen molar-refractivity contribution in [3.8, 4) is 0 Å². The topological polar surface area (TPSA) is 49.9 Å². The van der Waals surface area contributed by atoms with E-state index in [2.05, 4.69) is 22.2 Å². The standard InChI is InChI=1S/C12H22ClN3O/c1-3-5-6-11-15-10(12(13)16-11)9-14-7-8-17-4-2/h14H,3-9H2,1-2H3,(H,15,16). The van der Waals surface area contributed by atoms with Gasteiger partial charge in [0.05, 0.1) is 12.3 Å². The van der Waals surface area contributed by atoms with Crippen molar-refractivity contribution in [1.82, 2.24) is 15.3 Å². The lowest BCUT2D eigenvalue weighted by Gasteiger charge is -2.03. The molecule has 0 bridgehead atoms. The molecule has 0 atom stereocenters. The van der Waals surface area contributed by atoms with Gasteiger partial charge in [-0.1, -0.05) is 24.9 Å². The third-order valence-electron chi connectivity index (χ3n) is 2.47. The highest BCUT2D eigenvalue weighted by Gasteiger charge is 2.07. The van der Waals surface area contributed by atoms with Crippen LogP contribution in [0, 0.1) is 0 Å². The Labute approximate surface area is 108 Å². The molecule has 1 rings (SSSR count). The molecule has 2 N–H and O–H groups in total. The Morgan fingerprint density at radius 1 is 1.41 bits per heavy atom. The van der Waals surface area contributed by atoms with E-state index in [-0.39, 0.29) is 0 Å². The highest BCUT2D eigenvalue weighted by molar-refractivity contribution is 6.30. The normalized spacial score (nSPS) is 11.0. The van der Waals surface area contributed by atoms with E-state index in [4.69, 9.17) is 16.3 Å². The lowest BCUT2D eigenvalue weighted by Crippen LogP contribution is -2.19. The fraction of sp³-hybridized carbons (Fsp3) is 0.750. The zero-order chi connectivity index (χ0) is 12.5. The summed E-state index contributed by atoms with van der Waals surface area (Å²) in [6.45, 7) is 7.18. The number of rotatable bonds is 9. The summed E-state index contributed by atoms with van der Waals surface area (Å²) in [7, 11) is 0. The van der Waals surface area contributed by atoms with E-state index in [0.29, 0.717) is 11.7 Å². The van der Waals surface area contributed by atoms with E-state index in [1.807, 2.05) is 6.92 Å². The average Bonchev–Trinajstić information content (AvgIpc) is 2.67. The highest BCUT2D eigenvalue weighted by atomic mass is 35.5. The zero-order valence-electron chi connectivity index (χ0n) is 10.7. The van der Waals surface area contributed by atoms with Gasteiger partial charge in [0.2, 0.25) is 0 Å². The predicted molar refractivity (Wildman–Crippen MR) is 70.4 cm³/mol. The minimum absolute atomic E-state index is 0.583. The van der Waals surface area contributed by atoms with Crippen molar-refractivity contribution in [1.29, 1.82) is 0 Å². The fourth-order valence-electron chi connectivity index (χ4n) is 1.52. The van der Waals surface area contributed by atoms with Crippen LogP contribution in [0.5, 0.6) is 0 Å². The number of halogens is 1. The van der Waals surface area contributed by atoms with Crippen LogP contribution < -0.4 is 5.32 Å². The first kappa shape index (κ1) is 14.5. The van der Waals surface area contributed by atoms with E-state index in [1.54, 1.807) is 0 Å². The van der Waals surface area contributed by atoms with Gasteiger partial charge in [0.25, 0.3) is 0 Å². The number of hydrogen-bond acceptors (Lipinski definition) is 3. The summed E-state index contributed by atoms with van der Waals surface area (Å²) < 4.78 is 5.24. The number of aromatic amines is 1. The van der Waals surface area contributed by atoms with Crippen molar-refractivity contribution >= 4 is 11.6 Å². The Kier molecular flexibility index (Phi) is 7.24. The molecule has 0 aliphatic carbocycles. The van der Waals surface area contributed by atoms with Crippen molar-refractivity contribution in [3.63, 3.8) is 0 Å². The SMILES string of the molecule is CCCCc1nc(Cl)c(CNCCOCC)[nH]1. The van der Waals surface area contributed by atoms with Gasteiger partial charge in [-0.25, -0.2) is 4.98 Å². The number of hydrogen-bond donors (Lipinski definition) is 2. The van der Waals surface area contributed by atoms with Gasteiger partial charge in [0.1, 0.15) is 5.82 Å². The number of aromatic nitrogens is 2. The quantitative estimate of drug-likeness (QED) is 0.670. The fourth-order valence-corrected chi connectivity index (χ4v) is 1.74. The van der Waals surface area contributed by atoms with Crippen LogP contribution in [0.1, 0.15) is 38.2 Å². The molecule has 5 heteroatoms. The van der Waals surface area contributed by atoms with Crippen LogP contribution >= 0.6 is 11.6 Å². The Hall–Kier alpha value is -0.580. The largest absolute Gasteiger partial charge is 0.380 e. The number of ether oxygens (including phenoxy) is 1. The second-order valence-corrected chi connectivity index (χ2v) is 4.29. The third kappa shape index (κ3) is 5.52. The Balaban J connectivity index is 2.29. The first-order valence-electron chi connectivity index (χ1n) is 6.29. The van der Waals surface area contributed by atoms with Crippen LogP contribution in [0.2, 0.25) is 5.15 Å². The molecule has 4 nitrogen and oxygen atoms in total. The second kappa shape index (κ2) is 8.50. The Morgan fingerprint density at radius 2 is 2.24 bits per heavy atom. The van der Waals surface area contributed by atoms with Crippen LogP contribution in [0.25, 0.3) is 0 Å². The summed E-state index contributed by atoms with van der Waals surface area (Å²) in [6, 6.07) is 0. The maximum absolute atomic E-state index is 6.05. The summed E-state index contributed by atoms with van der Waals surface area (Å²) in [5.41, 5.74) is 0.967. The van der Waals surface area contributed by atoms with Crippen molar-refractivity contribution in [2.24, 2.45) is 0 Å². The Bertz CT molecular complexity index is 315. The van der Waals surface area contributed by atoms with Crippen molar-refractivity contribution in [2.75, 3.05) is 19.8 Å². The minimum Gasteiger partial charge on any atom is -0.380 e. The molecule has 0 radical (unpaired) electrons. The molecule has 0 aliphatic rings. The number of aryl methyl sites for hydroxylation is 1. The van der Waals surface area contributed by atoms with E-state index >= 15 is 0 Å². The molecule has 1 aromatic rings. The van der Waals surface area contributed by atoms with Crippen LogP contribution in [-0.4, -0.2) is 29.7 Å². The van der Waals surface area contributed by atoms with E-state index in [1.165, 1.54) is 6.42 Å². The molecule has 0 spiro atoms. The molecule has 98 valence electrons. The van der Waals surface area contributed by atoms with Crippen molar-refractivity contribution in [3.05, 3.63) is 16.7 Å². The van der Waals surface area contributed by atoms with Gasteiger partial charge in [-0.15, -0.1) is 0 Å². The third-order valence-corrected chi connectivity index (χ3v) is 2.79. The lowest BCUT2D eigenvalue weighted by atomic mass is 10.2. The average molecular weight is 260 g/mol. The first-order valence-corrected chi connectivity index (χ1v) is 6.67. The van der Waals surface area contributed by atoms with Crippen LogP contribution in [-0.2, 0) is 17.7 Å². The molecule has 0 saturated heterocycles. The number of H-pyrrole nitrogens is 1. The van der Waals surface area contributed by atoms with Gasteiger partial charge in [-0.05, 0) is 13.3 Å². The second-order valence-electron chi connectivity index (χ2n) is 3.93. The van der Waals surface area contributed by atoms with Crippen LogP contribution in [0.15, 0.2) is 0 Å². The molecule has 0 saturated carbocycles. The highest BCUT2D eigenvalue weighted by Crippen LogP contribution is 2.13. The molecule has 1 heterocycles. The summed E-state index contributed by atoms with van der Waals surface area (Å²) >= 11 is 6.05. The summed E-state index contributed by atoms with van der Waals surface area (Å²) in [5, 5.41) is 3.85. The monoisotopic (exact) mass is 259 g/mol. The van der Waals surface area contributed by atoms with Gasteiger partial charge in [0, 0.05) is 26.1 Å².